The molecule has 21 heavy (non-hydrogen) atoms. The van der Waals surface area contributed by atoms with Crippen molar-refractivity contribution >= 4 is 28.2 Å². The maximum atomic E-state index is 12.2. The molecule has 1 aliphatic heterocycles. The molecule has 3 rings (SSSR count). The molecule has 3 N–H and O–H groups in total. The van der Waals surface area contributed by atoms with Gasteiger partial charge in [-0.1, -0.05) is 18.2 Å². The highest BCUT2D eigenvalue weighted by atomic mass is 16.2. The third-order valence-electron chi connectivity index (χ3n) is 3.93. The van der Waals surface area contributed by atoms with Gasteiger partial charge in [0.25, 0.3) is 0 Å². The van der Waals surface area contributed by atoms with Crippen LogP contribution in [0.3, 0.4) is 0 Å². The first-order valence-corrected chi connectivity index (χ1v) is 7.40. The van der Waals surface area contributed by atoms with Crippen LogP contribution in [0, 0.1) is 0 Å². The second kappa shape index (κ2) is 5.99. The molecule has 0 unspecified atom stereocenters. The largest absolute Gasteiger partial charge is 0.396 e. The van der Waals surface area contributed by atoms with Gasteiger partial charge in [-0.15, -0.1) is 0 Å². The molecule has 0 saturated carbocycles. The van der Waals surface area contributed by atoms with Crippen molar-refractivity contribution < 1.29 is 4.79 Å². The molecule has 0 aliphatic carbocycles. The maximum Gasteiger partial charge on any atom is 0.241 e. The lowest BCUT2D eigenvalue weighted by Gasteiger charge is -2.27. The number of aromatic nitrogens is 1. The summed E-state index contributed by atoms with van der Waals surface area (Å²) < 4.78 is 0. The van der Waals surface area contributed by atoms with E-state index in [9.17, 15) is 4.79 Å². The maximum absolute atomic E-state index is 12.2. The van der Waals surface area contributed by atoms with Crippen molar-refractivity contribution in [2.75, 3.05) is 30.7 Å². The first-order valence-electron chi connectivity index (χ1n) is 7.40. The quantitative estimate of drug-likeness (QED) is 0.906. The number of rotatable bonds is 3. The number of anilines is 2. The summed E-state index contributed by atoms with van der Waals surface area (Å²) in [6.45, 7) is 2.01. The second-order valence-electron chi connectivity index (χ2n) is 5.40. The molecule has 0 atom stereocenters. The van der Waals surface area contributed by atoms with Gasteiger partial charge in [0.2, 0.25) is 5.91 Å². The number of benzene rings is 1. The Labute approximate surface area is 124 Å². The molecule has 2 heterocycles. The summed E-state index contributed by atoms with van der Waals surface area (Å²) in [6.07, 6.45) is 5.06. The fraction of sp³-hybridized carbons (Fsp3) is 0.375. The van der Waals surface area contributed by atoms with Gasteiger partial charge in [-0.05, 0) is 25.3 Å². The van der Waals surface area contributed by atoms with E-state index in [0.29, 0.717) is 5.69 Å². The van der Waals surface area contributed by atoms with Crippen molar-refractivity contribution in [3.05, 3.63) is 30.5 Å². The second-order valence-corrected chi connectivity index (χ2v) is 5.40. The lowest BCUT2D eigenvalue weighted by atomic mass is 10.1. The van der Waals surface area contributed by atoms with E-state index in [2.05, 4.69) is 10.3 Å². The zero-order chi connectivity index (χ0) is 14.7. The predicted molar refractivity (Wildman–Crippen MR) is 85.1 cm³/mol. The SMILES string of the molecule is Nc1cnc2ccccc2c1NCC(=O)N1CCCCC1. The van der Waals surface area contributed by atoms with Crippen LogP contribution in [0.4, 0.5) is 11.4 Å². The molecular weight excluding hydrogens is 264 g/mol. The minimum Gasteiger partial charge on any atom is -0.396 e. The number of nitrogens with zero attached hydrogens (tertiary/aromatic N) is 2. The minimum absolute atomic E-state index is 0.134. The highest BCUT2D eigenvalue weighted by Crippen LogP contribution is 2.27. The van der Waals surface area contributed by atoms with Crippen molar-refractivity contribution in [2.24, 2.45) is 0 Å². The van der Waals surface area contributed by atoms with Gasteiger partial charge in [-0.2, -0.15) is 0 Å². The van der Waals surface area contributed by atoms with E-state index in [1.165, 1.54) is 6.42 Å². The van der Waals surface area contributed by atoms with Gasteiger partial charge in [-0.3, -0.25) is 9.78 Å². The number of hydrogen-bond acceptors (Lipinski definition) is 4. The summed E-state index contributed by atoms with van der Waals surface area (Å²) in [5.41, 5.74) is 8.24. The van der Waals surface area contributed by atoms with E-state index in [1.54, 1.807) is 6.20 Å². The van der Waals surface area contributed by atoms with E-state index in [1.807, 2.05) is 29.2 Å². The Morgan fingerprint density at radius 1 is 1.24 bits per heavy atom. The first kappa shape index (κ1) is 13.7. The van der Waals surface area contributed by atoms with E-state index in [-0.39, 0.29) is 12.5 Å². The minimum atomic E-state index is 0.134. The van der Waals surface area contributed by atoms with Crippen LogP contribution in [-0.4, -0.2) is 35.4 Å². The Morgan fingerprint density at radius 3 is 2.81 bits per heavy atom. The number of carbonyl (C=O) groups is 1. The summed E-state index contributed by atoms with van der Waals surface area (Å²) in [7, 11) is 0. The Morgan fingerprint density at radius 2 is 2.00 bits per heavy atom. The molecule has 0 radical (unpaired) electrons. The lowest BCUT2D eigenvalue weighted by molar-refractivity contribution is -0.130. The van der Waals surface area contributed by atoms with Crippen LogP contribution in [0.2, 0.25) is 0 Å². The van der Waals surface area contributed by atoms with Crippen LogP contribution in [0.5, 0.6) is 0 Å². The summed E-state index contributed by atoms with van der Waals surface area (Å²) >= 11 is 0. The third kappa shape index (κ3) is 2.91. The zero-order valence-electron chi connectivity index (χ0n) is 12.0. The number of nitrogens with one attached hydrogen (secondary N) is 1. The topological polar surface area (TPSA) is 71.2 Å². The van der Waals surface area contributed by atoms with Crippen molar-refractivity contribution in [1.82, 2.24) is 9.88 Å². The molecule has 1 aliphatic rings. The Hall–Kier alpha value is -2.30. The van der Waals surface area contributed by atoms with Crippen LogP contribution in [0.25, 0.3) is 10.9 Å². The number of piperidine rings is 1. The van der Waals surface area contributed by atoms with E-state index < -0.39 is 0 Å². The molecule has 1 amide bonds. The van der Waals surface area contributed by atoms with Gasteiger partial charge < -0.3 is 16.0 Å². The summed E-state index contributed by atoms with van der Waals surface area (Å²) in [5.74, 6) is 0.134. The van der Waals surface area contributed by atoms with Gasteiger partial charge >= 0.3 is 0 Å². The van der Waals surface area contributed by atoms with Gasteiger partial charge in [-0.25, -0.2) is 0 Å². The molecule has 2 aromatic rings. The van der Waals surface area contributed by atoms with E-state index in [4.69, 9.17) is 5.73 Å². The van der Waals surface area contributed by atoms with Gasteiger partial charge in [0.05, 0.1) is 29.6 Å². The smallest absolute Gasteiger partial charge is 0.241 e. The zero-order valence-corrected chi connectivity index (χ0v) is 12.0. The summed E-state index contributed by atoms with van der Waals surface area (Å²) in [4.78, 5) is 18.5. The number of hydrogen-bond donors (Lipinski definition) is 2. The van der Waals surface area contributed by atoms with Crippen molar-refractivity contribution in [2.45, 2.75) is 19.3 Å². The molecule has 0 bridgehead atoms. The molecule has 1 saturated heterocycles. The molecule has 5 nitrogen and oxygen atoms in total. The Bertz CT molecular complexity index is 650. The number of nitrogen functional groups attached to an aromatic ring is 1. The highest BCUT2D eigenvalue weighted by molar-refractivity contribution is 5.98. The van der Waals surface area contributed by atoms with Gasteiger partial charge in [0, 0.05) is 18.5 Å². The summed E-state index contributed by atoms with van der Waals surface area (Å²) in [6, 6.07) is 7.79. The fourth-order valence-corrected chi connectivity index (χ4v) is 2.77. The van der Waals surface area contributed by atoms with Crippen molar-refractivity contribution in [3.63, 3.8) is 0 Å². The first-order chi connectivity index (χ1) is 10.3. The number of pyridine rings is 1. The normalized spacial score (nSPS) is 15.1. The Balaban J connectivity index is 1.75. The fourth-order valence-electron chi connectivity index (χ4n) is 2.77. The van der Waals surface area contributed by atoms with E-state index in [0.717, 1.165) is 42.5 Å². The molecule has 1 aromatic heterocycles. The molecule has 1 fully saturated rings. The molecule has 5 heteroatoms. The number of likely N-dealkylation sites (tertiary alicyclic amines) is 1. The summed E-state index contributed by atoms with van der Waals surface area (Å²) in [5, 5.41) is 4.14. The van der Waals surface area contributed by atoms with Crippen LogP contribution in [0.15, 0.2) is 30.5 Å². The molecule has 110 valence electrons. The van der Waals surface area contributed by atoms with Crippen LogP contribution < -0.4 is 11.1 Å². The molecule has 1 aromatic carbocycles. The number of para-hydroxylation sites is 1. The Kier molecular flexibility index (Phi) is 3.90. The third-order valence-corrected chi connectivity index (χ3v) is 3.93. The van der Waals surface area contributed by atoms with Crippen LogP contribution in [0.1, 0.15) is 19.3 Å². The molecule has 0 spiro atoms. The van der Waals surface area contributed by atoms with Crippen LogP contribution in [-0.2, 0) is 4.79 Å². The van der Waals surface area contributed by atoms with Crippen molar-refractivity contribution in [1.29, 1.82) is 0 Å². The van der Waals surface area contributed by atoms with Crippen LogP contribution >= 0.6 is 0 Å². The average molecular weight is 284 g/mol. The van der Waals surface area contributed by atoms with Gasteiger partial charge in [0.15, 0.2) is 0 Å². The van der Waals surface area contributed by atoms with E-state index >= 15 is 0 Å². The standard InChI is InChI=1S/C16H20N4O/c17-13-10-18-14-7-3-2-6-12(14)16(13)19-11-15(21)20-8-4-1-5-9-20/h2-3,6-7,10H,1,4-5,8-9,11,17H2,(H,18,19). The number of amides is 1. The average Bonchev–Trinajstić information content (AvgIpc) is 2.54. The number of carbonyl (C=O) groups excluding carboxylic acids is 1. The lowest BCUT2D eigenvalue weighted by Crippen LogP contribution is -2.39. The predicted octanol–water partition coefficient (Wildman–Crippen LogP) is 2.24. The molecular formula is C16H20N4O. The number of nitrogens with two attached hydrogens (primary N) is 1. The highest BCUT2D eigenvalue weighted by Gasteiger charge is 2.16. The van der Waals surface area contributed by atoms with Crippen molar-refractivity contribution in [3.8, 4) is 0 Å². The van der Waals surface area contributed by atoms with Gasteiger partial charge in [0.1, 0.15) is 0 Å². The monoisotopic (exact) mass is 284 g/mol. The number of fused-ring (bicyclic) bond motifs is 1.